The summed E-state index contributed by atoms with van der Waals surface area (Å²) in [7, 11) is 1.82. The fourth-order valence-electron chi connectivity index (χ4n) is 3.18. The number of hydrogen-bond donors (Lipinski definition) is 2. The summed E-state index contributed by atoms with van der Waals surface area (Å²) in [6.07, 6.45) is 5.20. The number of imidazole rings is 1. The maximum atomic E-state index is 13.2. The molecule has 168 valence electrons. The van der Waals surface area contributed by atoms with Gasteiger partial charge in [-0.15, -0.1) is 0 Å². The number of nitrogens with zero attached hydrogens (tertiary/aromatic N) is 5. The maximum Gasteiger partial charge on any atom is 0.269 e. The third kappa shape index (κ3) is 4.51. The molecule has 0 saturated carbocycles. The van der Waals surface area contributed by atoms with Crippen LogP contribution in [0.5, 0.6) is 5.88 Å². The van der Waals surface area contributed by atoms with Crippen molar-refractivity contribution in [3.63, 3.8) is 0 Å². The quantitative estimate of drug-likeness (QED) is 0.481. The Balaban J connectivity index is 2.04. The molecule has 0 atom stereocenters. The number of carbonyl (C=O) groups excluding carboxylic acids is 3. The van der Waals surface area contributed by atoms with Crippen LogP contribution in [0.25, 0.3) is 0 Å². The van der Waals surface area contributed by atoms with Gasteiger partial charge in [-0.2, -0.15) is 5.10 Å². The number of anilines is 1. The summed E-state index contributed by atoms with van der Waals surface area (Å²) in [4.78, 5) is 45.6. The number of amides is 2. The average molecular weight is 439 g/mol. The molecule has 3 heterocycles. The molecule has 0 saturated heterocycles. The number of ketones is 1. The van der Waals surface area contributed by atoms with Crippen molar-refractivity contribution < 1.29 is 19.1 Å². The number of ether oxygens (including phenoxy) is 1. The normalized spacial score (nSPS) is 10.8. The lowest BCUT2D eigenvalue weighted by molar-refractivity contribution is 0.0988. The lowest BCUT2D eigenvalue weighted by atomic mass is 10.1. The summed E-state index contributed by atoms with van der Waals surface area (Å²) in [5.74, 6) is -0.855. The summed E-state index contributed by atoms with van der Waals surface area (Å²) < 4.78 is 8.67. The van der Waals surface area contributed by atoms with E-state index >= 15 is 0 Å². The van der Waals surface area contributed by atoms with Crippen LogP contribution in [0.1, 0.15) is 63.5 Å². The predicted octanol–water partition coefficient (Wildman–Crippen LogP) is 1.57. The van der Waals surface area contributed by atoms with Crippen LogP contribution < -0.4 is 15.8 Å². The number of aromatic nitrogens is 5. The third-order valence-corrected chi connectivity index (χ3v) is 4.83. The van der Waals surface area contributed by atoms with Crippen LogP contribution in [-0.2, 0) is 20.0 Å². The number of primary amides is 1. The number of rotatable bonds is 9. The maximum absolute atomic E-state index is 13.2. The van der Waals surface area contributed by atoms with Crippen molar-refractivity contribution in [3.8, 4) is 5.88 Å². The minimum atomic E-state index is -0.748. The highest BCUT2D eigenvalue weighted by molar-refractivity contribution is 6.10. The molecule has 32 heavy (non-hydrogen) atoms. The average Bonchev–Trinajstić information content (AvgIpc) is 3.31. The summed E-state index contributed by atoms with van der Waals surface area (Å²) in [6.45, 7) is 5.44. The van der Waals surface area contributed by atoms with Gasteiger partial charge in [0.25, 0.3) is 11.8 Å². The van der Waals surface area contributed by atoms with Gasteiger partial charge in [0.05, 0.1) is 18.0 Å². The van der Waals surface area contributed by atoms with E-state index in [1.54, 1.807) is 23.9 Å². The number of pyridine rings is 1. The van der Waals surface area contributed by atoms with Gasteiger partial charge in [0, 0.05) is 31.2 Å². The van der Waals surface area contributed by atoms with Crippen molar-refractivity contribution in [2.45, 2.75) is 33.7 Å². The van der Waals surface area contributed by atoms with Crippen molar-refractivity contribution >= 4 is 23.3 Å². The zero-order chi connectivity index (χ0) is 23.4. The smallest absolute Gasteiger partial charge is 0.269 e. The molecular weight excluding hydrogens is 414 g/mol. The minimum absolute atomic E-state index is 0.0480. The number of nitrogens with one attached hydrogen (secondary N) is 1. The van der Waals surface area contributed by atoms with Crippen molar-refractivity contribution in [1.29, 1.82) is 0 Å². The van der Waals surface area contributed by atoms with Gasteiger partial charge in [0.15, 0.2) is 5.78 Å². The van der Waals surface area contributed by atoms with Gasteiger partial charge in [0.2, 0.25) is 5.88 Å². The first kappa shape index (κ1) is 22.7. The fraction of sp³-hybridized carbons (Fsp3) is 0.333. The van der Waals surface area contributed by atoms with E-state index in [2.05, 4.69) is 20.4 Å². The molecular formula is C21H25N7O4. The second-order valence-corrected chi connectivity index (χ2v) is 7.02. The molecule has 2 amide bonds. The van der Waals surface area contributed by atoms with Crippen molar-refractivity contribution in [2.75, 3.05) is 11.9 Å². The standard InChI is InChI=1S/C21H25N7O4/c1-5-15-17(18(19(22)30)28(26-15)11-16-23-7-8-27(16)4)25-20(31)14-9-13(12(3)29)10-24-21(14)32-6-2/h7-10H,5-6,11H2,1-4H3,(H2,22,30)(H,25,31). The number of Topliss-reactive ketones (excluding diaryl/α,β-unsaturated/α-hetero) is 1. The molecule has 0 fully saturated rings. The fourth-order valence-corrected chi connectivity index (χ4v) is 3.18. The highest BCUT2D eigenvalue weighted by Gasteiger charge is 2.25. The SMILES string of the molecule is CCOc1ncc(C(C)=O)cc1C(=O)Nc1c(CC)nn(Cc2nccn2C)c1C(N)=O. The lowest BCUT2D eigenvalue weighted by Gasteiger charge is -2.12. The first-order valence-corrected chi connectivity index (χ1v) is 10.1. The minimum Gasteiger partial charge on any atom is -0.477 e. The van der Waals surface area contributed by atoms with Gasteiger partial charge >= 0.3 is 0 Å². The molecule has 11 heteroatoms. The van der Waals surface area contributed by atoms with Crippen LogP contribution in [-0.4, -0.2) is 48.5 Å². The Bertz CT molecular complexity index is 1180. The van der Waals surface area contributed by atoms with Crippen LogP contribution in [0.3, 0.4) is 0 Å². The molecule has 0 radical (unpaired) electrons. The molecule has 11 nitrogen and oxygen atoms in total. The van der Waals surface area contributed by atoms with E-state index in [9.17, 15) is 14.4 Å². The van der Waals surface area contributed by atoms with E-state index < -0.39 is 11.8 Å². The third-order valence-electron chi connectivity index (χ3n) is 4.83. The number of aryl methyl sites for hydroxylation is 2. The molecule has 3 aromatic heterocycles. The highest BCUT2D eigenvalue weighted by atomic mass is 16.5. The molecule has 0 aliphatic rings. The Morgan fingerprint density at radius 2 is 1.97 bits per heavy atom. The van der Waals surface area contributed by atoms with Crippen LogP contribution >= 0.6 is 0 Å². The van der Waals surface area contributed by atoms with Crippen LogP contribution in [0.4, 0.5) is 5.69 Å². The molecule has 0 aromatic carbocycles. The monoisotopic (exact) mass is 439 g/mol. The van der Waals surface area contributed by atoms with Gasteiger partial charge in [-0.25, -0.2) is 14.6 Å². The van der Waals surface area contributed by atoms with E-state index in [4.69, 9.17) is 10.5 Å². The molecule has 0 spiro atoms. The van der Waals surface area contributed by atoms with E-state index in [0.29, 0.717) is 17.9 Å². The molecule has 0 aliphatic carbocycles. The van der Waals surface area contributed by atoms with Gasteiger partial charge in [-0.05, 0) is 26.3 Å². The second-order valence-electron chi connectivity index (χ2n) is 7.02. The van der Waals surface area contributed by atoms with E-state index in [1.165, 1.54) is 23.9 Å². The van der Waals surface area contributed by atoms with Gasteiger partial charge in [-0.1, -0.05) is 6.92 Å². The highest BCUT2D eigenvalue weighted by Crippen LogP contribution is 2.25. The van der Waals surface area contributed by atoms with Gasteiger partial charge < -0.3 is 20.4 Å². The summed E-state index contributed by atoms with van der Waals surface area (Å²) in [5, 5.41) is 7.19. The zero-order valence-electron chi connectivity index (χ0n) is 18.4. The Kier molecular flexibility index (Phi) is 6.67. The Morgan fingerprint density at radius 1 is 1.22 bits per heavy atom. The first-order chi connectivity index (χ1) is 15.3. The topological polar surface area (TPSA) is 147 Å². The molecule has 0 bridgehead atoms. The van der Waals surface area contributed by atoms with E-state index in [-0.39, 0.29) is 47.3 Å². The molecule has 3 N–H and O–H groups in total. The van der Waals surface area contributed by atoms with Crippen molar-refractivity contribution in [3.05, 3.63) is 53.0 Å². The predicted molar refractivity (Wildman–Crippen MR) is 116 cm³/mol. The van der Waals surface area contributed by atoms with Crippen molar-refractivity contribution in [1.82, 2.24) is 24.3 Å². The largest absolute Gasteiger partial charge is 0.477 e. The zero-order valence-corrected chi connectivity index (χ0v) is 18.4. The van der Waals surface area contributed by atoms with Gasteiger partial charge in [0.1, 0.15) is 23.6 Å². The summed E-state index contributed by atoms with van der Waals surface area (Å²) >= 11 is 0. The van der Waals surface area contributed by atoms with Crippen LogP contribution in [0, 0.1) is 0 Å². The second kappa shape index (κ2) is 9.41. The van der Waals surface area contributed by atoms with E-state index in [0.717, 1.165) is 0 Å². The Hall–Kier alpha value is -4.02. The van der Waals surface area contributed by atoms with E-state index in [1.807, 2.05) is 14.0 Å². The Labute approximate surface area is 184 Å². The Morgan fingerprint density at radius 3 is 2.53 bits per heavy atom. The van der Waals surface area contributed by atoms with Crippen LogP contribution in [0.15, 0.2) is 24.7 Å². The lowest BCUT2D eigenvalue weighted by Crippen LogP contribution is -2.23. The molecule has 0 aliphatic heterocycles. The molecule has 3 aromatic rings. The summed E-state index contributed by atoms with van der Waals surface area (Å²) in [5.41, 5.74) is 6.70. The number of nitrogens with two attached hydrogens (primary N) is 1. The summed E-state index contributed by atoms with van der Waals surface area (Å²) in [6, 6.07) is 1.41. The first-order valence-electron chi connectivity index (χ1n) is 10.1. The number of hydrogen-bond acceptors (Lipinski definition) is 7. The van der Waals surface area contributed by atoms with Gasteiger partial charge in [-0.3, -0.25) is 14.4 Å². The molecule has 0 unspecified atom stereocenters. The van der Waals surface area contributed by atoms with Crippen molar-refractivity contribution in [2.24, 2.45) is 12.8 Å². The van der Waals surface area contributed by atoms with Crippen LogP contribution in [0.2, 0.25) is 0 Å². The molecule has 3 rings (SSSR count). The number of carbonyl (C=O) groups is 3.